The van der Waals surface area contributed by atoms with Gasteiger partial charge in [-0.3, -0.25) is 0 Å². The van der Waals surface area contributed by atoms with E-state index in [1.807, 2.05) is 0 Å². The van der Waals surface area contributed by atoms with Crippen molar-refractivity contribution in [2.24, 2.45) is 5.92 Å². The summed E-state index contributed by atoms with van der Waals surface area (Å²) in [5.74, 6) is 5.17. The highest BCUT2D eigenvalue weighted by molar-refractivity contribution is 8.00. The molecule has 0 aromatic rings. The van der Waals surface area contributed by atoms with Crippen LogP contribution < -0.4 is 0 Å². The monoisotopic (exact) mass is 217 g/mol. The molecule has 0 N–H and O–H groups in total. The van der Waals surface area contributed by atoms with Gasteiger partial charge in [0.2, 0.25) is 0 Å². The van der Waals surface area contributed by atoms with Crippen molar-refractivity contribution in [3.63, 3.8) is 0 Å². The molecule has 0 spiro atoms. The average molecular weight is 217 g/mol. The topological polar surface area (TPSA) is 3.24 Å². The van der Waals surface area contributed by atoms with Crippen molar-refractivity contribution in [2.75, 3.05) is 36.9 Å². The van der Waals surface area contributed by atoms with Crippen molar-refractivity contribution in [3.8, 4) is 0 Å². The molecule has 0 saturated carbocycles. The molecule has 1 nitrogen and oxygen atoms in total. The third-order valence-corrected chi connectivity index (χ3v) is 5.23. The van der Waals surface area contributed by atoms with Gasteiger partial charge in [0.05, 0.1) is 0 Å². The van der Waals surface area contributed by atoms with E-state index < -0.39 is 0 Å². The highest BCUT2D eigenvalue weighted by Gasteiger charge is 2.22. The van der Waals surface area contributed by atoms with E-state index in [0.29, 0.717) is 0 Å². The zero-order chi connectivity index (χ0) is 9.10. The van der Waals surface area contributed by atoms with Gasteiger partial charge in [0.25, 0.3) is 0 Å². The minimum atomic E-state index is 0.864. The summed E-state index contributed by atoms with van der Waals surface area (Å²) in [5.41, 5.74) is 0. The van der Waals surface area contributed by atoms with E-state index in [1.54, 1.807) is 0 Å². The van der Waals surface area contributed by atoms with E-state index in [4.69, 9.17) is 0 Å². The molecule has 0 bridgehead atoms. The van der Waals surface area contributed by atoms with Gasteiger partial charge in [-0.05, 0) is 23.8 Å². The molecule has 3 heteroatoms. The minimum Gasteiger partial charge on any atom is -0.301 e. The Bertz CT molecular complexity index is 157. The van der Waals surface area contributed by atoms with Crippen molar-refractivity contribution in [1.82, 2.24) is 4.90 Å². The highest BCUT2D eigenvalue weighted by Crippen LogP contribution is 2.26. The number of hydrogen-bond acceptors (Lipinski definition) is 3. The Labute approximate surface area is 90.0 Å². The summed E-state index contributed by atoms with van der Waals surface area (Å²) in [6.45, 7) is 6.39. The SMILES string of the molecule is CC1CN(CC2CCSC2)CCS1. The summed E-state index contributed by atoms with van der Waals surface area (Å²) < 4.78 is 0. The average Bonchev–Trinajstić information content (AvgIpc) is 2.57. The summed E-state index contributed by atoms with van der Waals surface area (Å²) in [7, 11) is 0. The third-order valence-electron chi connectivity index (χ3n) is 2.87. The standard InChI is InChI=1S/C10H19NS2/c1-9-6-11(3-5-13-9)7-10-2-4-12-8-10/h9-10H,2-8H2,1H3. The summed E-state index contributed by atoms with van der Waals surface area (Å²) >= 11 is 4.27. The summed E-state index contributed by atoms with van der Waals surface area (Å²) in [5, 5.41) is 0.864. The lowest BCUT2D eigenvalue weighted by molar-refractivity contribution is 0.250. The molecule has 0 amide bonds. The third kappa shape index (κ3) is 3.07. The van der Waals surface area contributed by atoms with Gasteiger partial charge in [-0.25, -0.2) is 0 Å². The van der Waals surface area contributed by atoms with Crippen LogP contribution in [0.4, 0.5) is 0 Å². The first-order valence-corrected chi connectivity index (χ1v) is 7.46. The number of nitrogens with zero attached hydrogens (tertiary/aromatic N) is 1. The maximum Gasteiger partial charge on any atom is 0.0147 e. The van der Waals surface area contributed by atoms with Crippen LogP contribution in [-0.2, 0) is 0 Å². The predicted octanol–water partition coefficient (Wildman–Crippen LogP) is 2.18. The maximum atomic E-state index is 2.68. The zero-order valence-electron chi connectivity index (χ0n) is 8.37. The largest absolute Gasteiger partial charge is 0.301 e. The fourth-order valence-corrected chi connectivity index (χ4v) is 4.50. The van der Waals surface area contributed by atoms with E-state index in [9.17, 15) is 0 Å². The summed E-state index contributed by atoms with van der Waals surface area (Å²) in [4.78, 5) is 2.68. The predicted molar refractivity (Wildman–Crippen MR) is 63.8 cm³/mol. The first-order valence-electron chi connectivity index (χ1n) is 5.26. The summed E-state index contributed by atoms with van der Waals surface area (Å²) in [6.07, 6.45) is 1.46. The minimum absolute atomic E-state index is 0.864. The van der Waals surface area contributed by atoms with Crippen molar-refractivity contribution in [3.05, 3.63) is 0 Å². The number of thioether (sulfide) groups is 2. The number of hydrogen-bond donors (Lipinski definition) is 0. The molecule has 2 aliphatic heterocycles. The van der Waals surface area contributed by atoms with E-state index >= 15 is 0 Å². The van der Waals surface area contributed by atoms with Gasteiger partial charge in [0, 0.05) is 30.6 Å². The van der Waals surface area contributed by atoms with Crippen molar-refractivity contribution in [2.45, 2.75) is 18.6 Å². The Balaban J connectivity index is 1.73. The van der Waals surface area contributed by atoms with Crippen LogP contribution in [0.5, 0.6) is 0 Å². The molecule has 0 aromatic carbocycles. The van der Waals surface area contributed by atoms with Crippen molar-refractivity contribution >= 4 is 23.5 Å². The molecule has 2 rings (SSSR count). The Morgan fingerprint density at radius 3 is 3.00 bits per heavy atom. The quantitative estimate of drug-likeness (QED) is 0.698. The van der Waals surface area contributed by atoms with E-state index in [-0.39, 0.29) is 0 Å². The Morgan fingerprint density at radius 2 is 2.31 bits per heavy atom. The molecule has 0 radical (unpaired) electrons. The second kappa shape index (κ2) is 4.94. The smallest absolute Gasteiger partial charge is 0.0147 e. The van der Waals surface area contributed by atoms with E-state index in [0.717, 1.165) is 11.2 Å². The Kier molecular flexibility index (Phi) is 3.87. The van der Waals surface area contributed by atoms with Crippen molar-refractivity contribution < 1.29 is 0 Å². The van der Waals surface area contributed by atoms with Crippen LogP contribution in [0.15, 0.2) is 0 Å². The first kappa shape index (κ1) is 10.2. The lowest BCUT2D eigenvalue weighted by atomic mass is 10.1. The van der Waals surface area contributed by atoms with Crippen LogP contribution in [0, 0.1) is 5.92 Å². The molecule has 2 unspecified atom stereocenters. The van der Waals surface area contributed by atoms with Gasteiger partial charge in [0.15, 0.2) is 0 Å². The first-order chi connectivity index (χ1) is 6.34. The second-order valence-electron chi connectivity index (χ2n) is 4.17. The molecule has 2 saturated heterocycles. The molecule has 13 heavy (non-hydrogen) atoms. The van der Waals surface area contributed by atoms with Crippen LogP contribution in [0.3, 0.4) is 0 Å². The zero-order valence-corrected chi connectivity index (χ0v) is 10.0. The molecule has 76 valence electrons. The molecule has 2 heterocycles. The molecule has 2 fully saturated rings. The molecule has 0 aliphatic carbocycles. The fraction of sp³-hybridized carbons (Fsp3) is 1.00. The molecular formula is C10H19NS2. The second-order valence-corrected chi connectivity index (χ2v) is 6.87. The summed E-state index contributed by atoms with van der Waals surface area (Å²) in [6, 6.07) is 0. The van der Waals surface area contributed by atoms with Crippen LogP contribution in [0.25, 0.3) is 0 Å². The highest BCUT2D eigenvalue weighted by atomic mass is 32.2. The van der Waals surface area contributed by atoms with Crippen LogP contribution in [-0.4, -0.2) is 47.0 Å². The van der Waals surface area contributed by atoms with Gasteiger partial charge >= 0.3 is 0 Å². The lowest BCUT2D eigenvalue weighted by Gasteiger charge is -2.32. The molecule has 2 aliphatic rings. The maximum absolute atomic E-state index is 2.68. The van der Waals surface area contributed by atoms with Crippen LogP contribution in [0.2, 0.25) is 0 Å². The van der Waals surface area contributed by atoms with Gasteiger partial charge in [0.1, 0.15) is 0 Å². The normalized spacial score (nSPS) is 36.7. The van der Waals surface area contributed by atoms with Crippen molar-refractivity contribution in [1.29, 1.82) is 0 Å². The number of rotatable bonds is 2. The fourth-order valence-electron chi connectivity index (χ4n) is 2.15. The van der Waals surface area contributed by atoms with Gasteiger partial charge < -0.3 is 4.90 Å². The van der Waals surface area contributed by atoms with Crippen LogP contribution in [0.1, 0.15) is 13.3 Å². The lowest BCUT2D eigenvalue weighted by Crippen LogP contribution is -2.39. The molecule has 2 atom stereocenters. The van der Waals surface area contributed by atoms with Crippen LogP contribution >= 0.6 is 23.5 Å². The Hall–Kier alpha value is 0.660. The van der Waals surface area contributed by atoms with Gasteiger partial charge in [-0.15, -0.1) is 0 Å². The van der Waals surface area contributed by atoms with Gasteiger partial charge in [-0.2, -0.15) is 23.5 Å². The van der Waals surface area contributed by atoms with Gasteiger partial charge in [-0.1, -0.05) is 6.92 Å². The van der Waals surface area contributed by atoms with E-state index in [1.165, 1.54) is 43.3 Å². The molecule has 0 aromatic heterocycles. The van der Waals surface area contributed by atoms with E-state index in [2.05, 4.69) is 35.3 Å². The Morgan fingerprint density at radius 1 is 1.38 bits per heavy atom. The molecular weight excluding hydrogens is 198 g/mol.